The van der Waals surface area contributed by atoms with E-state index >= 15 is 0 Å². The van der Waals surface area contributed by atoms with Gasteiger partial charge >= 0.3 is 0 Å². The molecule has 0 aliphatic rings. The summed E-state index contributed by atoms with van der Waals surface area (Å²) in [7, 11) is 0. The number of nitrogens with zero attached hydrogens (tertiary/aromatic N) is 1. The first-order valence-electron chi connectivity index (χ1n) is 4.67. The molecular formula is C12H12BrN. The van der Waals surface area contributed by atoms with Crippen molar-refractivity contribution < 1.29 is 0 Å². The van der Waals surface area contributed by atoms with Crippen LogP contribution in [-0.2, 0) is 6.54 Å². The van der Waals surface area contributed by atoms with Gasteiger partial charge in [-0.1, -0.05) is 34.1 Å². The van der Waals surface area contributed by atoms with Crippen LogP contribution in [0, 0.1) is 0 Å². The lowest BCUT2D eigenvalue weighted by Crippen LogP contribution is -1.91. The molecule has 14 heavy (non-hydrogen) atoms. The molecule has 1 aromatic heterocycles. The molecule has 0 saturated heterocycles. The van der Waals surface area contributed by atoms with E-state index in [1.165, 1.54) is 10.9 Å². The normalized spacial score (nSPS) is 11.6. The molecule has 2 heteroatoms. The number of hydrogen-bond acceptors (Lipinski definition) is 0. The molecule has 0 radical (unpaired) electrons. The molecule has 1 aromatic carbocycles. The molecule has 0 amide bonds. The number of hydrogen-bond donors (Lipinski definition) is 0. The van der Waals surface area contributed by atoms with Gasteiger partial charge in [0.1, 0.15) is 0 Å². The minimum atomic E-state index is 0.941. The second-order valence-corrected chi connectivity index (χ2v) is 4.06. The zero-order valence-electron chi connectivity index (χ0n) is 8.07. The zero-order chi connectivity index (χ0) is 9.97. The van der Waals surface area contributed by atoms with E-state index in [-0.39, 0.29) is 0 Å². The summed E-state index contributed by atoms with van der Waals surface area (Å²) >= 11 is 3.55. The number of rotatable bonds is 2. The van der Waals surface area contributed by atoms with Gasteiger partial charge in [0.2, 0.25) is 0 Å². The Morgan fingerprint density at radius 2 is 2.21 bits per heavy atom. The third-order valence-electron chi connectivity index (χ3n) is 2.30. The van der Waals surface area contributed by atoms with Gasteiger partial charge in [-0.3, -0.25) is 0 Å². The van der Waals surface area contributed by atoms with E-state index in [1.807, 2.05) is 6.92 Å². The molecule has 1 heterocycles. The fourth-order valence-corrected chi connectivity index (χ4v) is 2.05. The van der Waals surface area contributed by atoms with Crippen molar-refractivity contribution in [1.29, 1.82) is 0 Å². The standard InChI is InChI=1S/C12H12BrN/c1-2-3-8-14-9-7-10-11(13)5-4-6-12(10)14/h2-7,9H,8H2,1H3/b3-2+. The van der Waals surface area contributed by atoms with Crippen LogP contribution in [-0.4, -0.2) is 4.57 Å². The molecule has 0 fully saturated rings. The molecule has 2 aromatic rings. The van der Waals surface area contributed by atoms with Gasteiger partial charge in [0, 0.05) is 28.1 Å². The maximum atomic E-state index is 3.55. The summed E-state index contributed by atoms with van der Waals surface area (Å²) in [5.41, 5.74) is 1.28. The lowest BCUT2D eigenvalue weighted by molar-refractivity contribution is 0.862. The Bertz CT molecular complexity index is 468. The van der Waals surface area contributed by atoms with E-state index in [9.17, 15) is 0 Å². The average molecular weight is 250 g/mol. The Hall–Kier alpha value is -1.02. The number of halogens is 1. The fraction of sp³-hybridized carbons (Fsp3) is 0.167. The molecule has 0 aliphatic carbocycles. The molecule has 0 spiro atoms. The first-order valence-corrected chi connectivity index (χ1v) is 5.46. The van der Waals surface area contributed by atoms with Gasteiger partial charge in [-0.05, 0) is 25.1 Å². The SMILES string of the molecule is C/C=C/Cn1ccc2c(Br)cccc21. The molecule has 0 aliphatic heterocycles. The summed E-state index contributed by atoms with van der Waals surface area (Å²) in [5, 5.41) is 1.28. The Labute approximate surface area is 92.2 Å². The Morgan fingerprint density at radius 3 is 3.00 bits per heavy atom. The molecular weight excluding hydrogens is 238 g/mol. The van der Waals surface area contributed by atoms with Crippen molar-refractivity contribution >= 4 is 26.8 Å². The van der Waals surface area contributed by atoms with Crippen molar-refractivity contribution in [2.75, 3.05) is 0 Å². The van der Waals surface area contributed by atoms with Crippen LogP contribution in [0.3, 0.4) is 0 Å². The highest BCUT2D eigenvalue weighted by Crippen LogP contribution is 2.24. The molecule has 1 nitrogen and oxygen atoms in total. The molecule has 0 N–H and O–H groups in total. The van der Waals surface area contributed by atoms with Crippen molar-refractivity contribution in [1.82, 2.24) is 4.57 Å². The van der Waals surface area contributed by atoms with Crippen molar-refractivity contribution in [3.63, 3.8) is 0 Å². The van der Waals surface area contributed by atoms with Crippen LogP contribution in [0.5, 0.6) is 0 Å². The van der Waals surface area contributed by atoms with E-state index in [1.54, 1.807) is 0 Å². The van der Waals surface area contributed by atoms with Gasteiger partial charge in [0.05, 0.1) is 0 Å². The van der Waals surface area contributed by atoms with Gasteiger partial charge in [-0.15, -0.1) is 0 Å². The van der Waals surface area contributed by atoms with Gasteiger partial charge < -0.3 is 4.57 Å². The van der Waals surface area contributed by atoms with Crippen LogP contribution in [0.4, 0.5) is 0 Å². The Kier molecular flexibility index (Phi) is 2.73. The van der Waals surface area contributed by atoms with Crippen molar-refractivity contribution in [3.8, 4) is 0 Å². The van der Waals surface area contributed by atoms with E-state index < -0.39 is 0 Å². The molecule has 72 valence electrons. The zero-order valence-corrected chi connectivity index (χ0v) is 9.66. The van der Waals surface area contributed by atoms with E-state index in [0.29, 0.717) is 0 Å². The second-order valence-electron chi connectivity index (χ2n) is 3.21. The van der Waals surface area contributed by atoms with Crippen LogP contribution >= 0.6 is 15.9 Å². The largest absolute Gasteiger partial charge is 0.344 e. The molecule has 2 rings (SSSR count). The van der Waals surface area contributed by atoms with Gasteiger partial charge in [0.25, 0.3) is 0 Å². The first kappa shape index (κ1) is 9.53. The van der Waals surface area contributed by atoms with Crippen LogP contribution < -0.4 is 0 Å². The van der Waals surface area contributed by atoms with Gasteiger partial charge in [0.15, 0.2) is 0 Å². The number of aromatic nitrogens is 1. The molecule has 0 bridgehead atoms. The summed E-state index contributed by atoms with van der Waals surface area (Å²) < 4.78 is 3.40. The van der Waals surface area contributed by atoms with Gasteiger partial charge in [-0.2, -0.15) is 0 Å². The summed E-state index contributed by atoms with van der Waals surface area (Å²) in [5.74, 6) is 0. The highest BCUT2D eigenvalue weighted by Gasteiger charge is 2.01. The summed E-state index contributed by atoms with van der Waals surface area (Å²) in [6.45, 7) is 2.98. The van der Waals surface area contributed by atoms with E-state index in [0.717, 1.165) is 11.0 Å². The van der Waals surface area contributed by atoms with Gasteiger partial charge in [-0.25, -0.2) is 0 Å². The maximum absolute atomic E-state index is 3.55. The maximum Gasteiger partial charge on any atom is 0.0494 e. The van der Waals surface area contributed by atoms with Crippen LogP contribution in [0.15, 0.2) is 47.1 Å². The minimum Gasteiger partial charge on any atom is -0.344 e. The Morgan fingerprint density at radius 1 is 1.36 bits per heavy atom. The topological polar surface area (TPSA) is 4.93 Å². The fourth-order valence-electron chi connectivity index (χ4n) is 1.56. The molecule has 0 saturated carbocycles. The smallest absolute Gasteiger partial charge is 0.0494 e. The summed E-state index contributed by atoms with van der Waals surface area (Å²) in [6, 6.07) is 8.42. The highest BCUT2D eigenvalue weighted by atomic mass is 79.9. The van der Waals surface area contributed by atoms with Crippen LogP contribution in [0.25, 0.3) is 10.9 Å². The minimum absolute atomic E-state index is 0.941. The molecule has 0 atom stereocenters. The number of benzene rings is 1. The van der Waals surface area contributed by atoms with E-state index in [4.69, 9.17) is 0 Å². The van der Waals surface area contributed by atoms with E-state index in [2.05, 4.69) is 63.1 Å². The third-order valence-corrected chi connectivity index (χ3v) is 2.99. The van der Waals surface area contributed by atoms with Crippen molar-refractivity contribution in [2.45, 2.75) is 13.5 Å². The first-order chi connectivity index (χ1) is 6.83. The summed E-state index contributed by atoms with van der Waals surface area (Å²) in [4.78, 5) is 0. The van der Waals surface area contributed by atoms with Crippen LogP contribution in [0.2, 0.25) is 0 Å². The van der Waals surface area contributed by atoms with Crippen LogP contribution in [0.1, 0.15) is 6.92 Å². The average Bonchev–Trinajstić information content (AvgIpc) is 2.60. The van der Waals surface area contributed by atoms with Crippen molar-refractivity contribution in [2.24, 2.45) is 0 Å². The third kappa shape index (κ3) is 1.62. The predicted molar refractivity (Wildman–Crippen MR) is 64.5 cm³/mol. The summed E-state index contributed by atoms with van der Waals surface area (Å²) in [6.07, 6.45) is 6.35. The second kappa shape index (κ2) is 4.01. The lowest BCUT2D eigenvalue weighted by Gasteiger charge is -2.01. The highest BCUT2D eigenvalue weighted by molar-refractivity contribution is 9.10. The monoisotopic (exact) mass is 249 g/mol. The number of fused-ring (bicyclic) bond motifs is 1. The quantitative estimate of drug-likeness (QED) is 0.710. The predicted octanol–water partition coefficient (Wildman–Crippen LogP) is 3.98. The lowest BCUT2D eigenvalue weighted by atomic mass is 10.2. The van der Waals surface area contributed by atoms with Crippen molar-refractivity contribution in [3.05, 3.63) is 47.1 Å². The molecule has 0 unspecified atom stereocenters. The number of allylic oxidation sites excluding steroid dienone is 2. The Balaban J connectivity index is 2.52.